The molecule has 3 aromatic rings. The van der Waals surface area contributed by atoms with E-state index >= 15 is 0 Å². The third-order valence-electron chi connectivity index (χ3n) is 5.06. The van der Waals surface area contributed by atoms with Gasteiger partial charge in [0.05, 0.1) is 29.1 Å². The average molecular weight is 426 g/mol. The van der Waals surface area contributed by atoms with Crippen molar-refractivity contribution in [2.45, 2.75) is 6.42 Å². The lowest BCUT2D eigenvalue weighted by molar-refractivity contribution is 0.415. The van der Waals surface area contributed by atoms with Gasteiger partial charge in [0.1, 0.15) is 11.8 Å². The summed E-state index contributed by atoms with van der Waals surface area (Å²) in [6, 6.07) is 11.5. The maximum atomic E-state index is 9.46. The summed E-state index contributed by atoms with van der Waals surface area (Å²) < 4.78 is 5.23. The highest BCUT2D eigenvalue weighted by molar-refractivity contribution is 7.99. The van der Waals surface area contributed by atoms with Crippen LogP contribution in [0.3, 0.4) is 0 Å². The Labute approximate surface area is 178 Å². The van der Waals surface area contributed by atoms with Gasteiger partial charge < -0.3 is 15.4 Å². The summed E-state index contributed by atoms with van der Waals surface area (Å²) in [6.07, 6.45) is 0.502. The minimum absolute atomic E-state index is 0.444. The monoisotopic (exact) mass is 425 g/mol. The van der Waals surface area contributed by atoms with E-state index in [9.17, 15) is 5.26 Å². The van der Waals surface area contributed by atoms with Gasteiger partial charge in [-0.15, -0.1) is 5.10 Å². The lowest BCUT2D eigenvalue weighted by Crippen LogP contribution is -2.33. The van der Waals surface area contributed by atoms with Crippen LogP contribution in [-0.2, 0) is 6.42 Å². The summed E-state index contributed by atoms with van der Waals surface area (Å²) >= 11 is 8.22. The van der Waals surface area contributed by atoms with Crippen LogP contribution in [0.25, 0.3) is 10.8 Å². The molecule has 29 heavy (non-hydrogen) atoms. The normalized spacial score (nSPS) is 14.0. The van der Waals surface area contributed by atoms with E-state index in [0.717, 1.165) is 52.4 Å². The number of benzene rings is 2. The van der Waals surface area contributed by atoms with Gasteiger partial charge >= 0.3 is 0 Å². The standard InChI is InChI=1S/C21H20ClN5OS/c1-28-18-5-2-13(10-16(18)22)11-17-19-15(4-3-14(12-23)20(19)24)21(26-25-17)27-6-8-29-9-7-27/h2-5,10H,6-9,11,24H2,1H3. The molecule has 0 spiro atoms. The lowest BCUT2D eigenvalue weighted by Gasteiger charge is -2.28. The second kappa shape index (κ2) is 8.36. The highest BCUT2D eigenvalue weighted by atomic mass is 35.5. The number of ether oxygens (including phenoxy) is 1. The van der Waals surface area contributed by atoms with Crippen LogP contribution in [0.4, 0.5) is 11.5 Å². The summed E-state index contributed by atoms with van der Waals surface area (Å²) in [5, 5.41) is 20.8. The topological polar surface area (TPSA) is 88.1 Å². The number of halogens is 1. The number of anilines is 2. The molecule has 2 aromatic carbocycles. The first-order valence-corrected chi connectivity index (χ1v) is 10.8. The molecule has 1 aliphatic rings. The summed E-state index contributed by atoms with van der Waals surface area (Å²) in [7, 11) is 1.59. The van der Waals surface area contributed by atoms with Crippen molar-refractivity contribution in [3.8, 4) is 11.8 Å². The van der Waals surface area contributed by atoms with Crippen LogP contribution in [0.1, 0.15) is 16.8 Å². The molecule has 0 amide bonds. The molecule has 0 aliphatic carbocycles. The zero-order chi connectivity index (χ0) is 20.4. The van der Waals surface area contributed by atoms with Gasteiger partial charge in [0, 0.05) is 41.8 Å². The molecule has 1 fully saturated rings. The van der Waals surface area contributed by atoms with Crippen molar-refractivity contribution < 1.29 is 4.74 Å². The van der Waals surface area contributed by atoms with Gasteiger partial charge in [-0.05, 0) is 29.8 Å². The summed E-state index contributed by atoms with van der Waals surface area (Å²) in [5.74, 6) is 3.56. The summed E-state index contributed by atoms with van der Waals surface area (Å²) in [4.78, 5) is 2.24. The Kier molecular flexibility index (Phi) is 5.65. The SMILES string of the molecule is COc1ccc(Cc2nnc(N3CCSCC3)c3ccc(C#N)c(N)c23)cc1Cl. The van der Waals surface area contributed by atoms with Gasteiger partial charge in [0.15, 0.2) is 5.82 Å². The van der Waals surface area contributed by atoms with E-state index in [2.05, 4.69) is 21.2 Å². The molecule has 148 valence electrons. The van der Waals surface area contributed by atoms with Gasteiger partial charge in [-0.25, -0.2) is 0 Å². The van der Waals surface area contributed by atoms with Gasteiger partial charge in [-0.1, -0.05) is 17.7 Å². The van der Waals surface area contributed by atoms with Gasteiger partial charge in [-0.3, -0.25) is 0 Å². The van der Waals surface area contributed by atoms with Crippen LogP contribution in [0.15, 0.2) is 30.3 Å². The molecule has 6 nitrogen and oxygen atoms in total. The zero-order valence-electron chi connectivity index (χ0n) is 16.0. The van der Waals surface area contributed by atoms with E-state index in [-0.39, 0.29) is 0 Å². The maximum Gasteiger partial charge on any atom is 0.159 e. The van der Waals surface area contributed by atoms with Crippen molar-refractivity contribution in [3.63, 3.8) is 0 Å². The average Bonchev–Trinajstić information content (AvgIpc) is 2.75. The molecule has 8 heteroatoms. The molecular formula is C21H20ClN5OS. The Bertz CT molecular complexity index is 1110. The van der Waals surface area contributed by atoms with Crippen LogP contribution >= 0.6 is 23.4 Å². The third kappa shape index (κ3) is 3.78. The highest BCUT2D eigenvalue weighted by Gasteiger charge is 2.20. The first-order valence-electron chi connectivity index (χ1n) is 9.25. The number of nitrogens with two attached hydrogens (primary N) is 1. The van der Waals surface area contributed by atoms with E-state index in [1.807, 2.05) is 36.0 Å². The minimum atomic E-state index is 0.444. The van der Waals surface area contributed by atoms with Crippen LogP contribution in [0, 0.1) is 11.3 Å². The van der Waals surface area contributed by atoms with Crippen molar-refractivity contribution >= 4 is 45.6 Å². The van der Waals surface area contributed by atoms with E-state index < -0.39 is 0 Å². The molecule has 2 heterocycles. The van der Waals surface area contributed by atoms with Gasteiger partial charge in [-0.2, -0.15) is 22.1 Å². The number of nitrogen functional groups attached to an aromatic ring is 1. The molecule has 0 saturated carbocycles. The Morgan fingerprint density at radius 3 is 2.72 bits per heavy atom. The fourth-order valence-corrected chi connectivity index (χ4v) is 4.75. The van der Waals surface area contributed by atoms with Gasteiger partial charge in [0.25, 0.3) is 0 Å². The Morgan fingerprint density at radius 1 is 1.24 bits per heavy atom. The predicted molar refractivity (Wildman–Crippen MR) is 119 cm³/mol. The summed E-state index contributed by atoms with van der Waals surface area (Å²) in [5.41, 5.74) is 8.99. The molecular weight excluding hydrogens is 406 g/mol. The third-order valence-corrected chi connectivity index (χ3v) is 6.30. The number of hydrogen-bond donors (Lipinski definition) is 1. The maximum absolute atomic E-state index is 9.46. The van der Waals surface area contributed by atoms with Crippen LogP contribution in [0.5, 0.6) is 5.75 Å². The second-order valence-corrected chi connectivity index (χ2v) is 8.41. The van der Waals surface area contributed by atoms with E-state index in [0.29, 0.717) is 28.4 Å². The molecule has 1 aliphatic heterocycles. The second-order valence-electron chi connectivity index (χ2n) is 6.78. The molecule has 2 N–H and O–H groups in total. The van der Waals surface area contributed by atoms with Crippen LogP contribution in [-0.4, -0.2) is 41.9 Å². The number of nitrogens with zero attached hydrogens (tertiary/aromatic N) is 4. The van der Waals surface area contributed by atoms with Crippen molar-refractivity contribution in [1.82, 2.24) is 10.2 Å². The summed E-state index contributed by atoms with van der Waals surface area (Å²) in [6.45, 7) is 1.84. The zero-order valence-corrected chi connectivity index (χ0v) is 17.6. The molecule has 4 rings (SSSR count). The Balaban J connectivity index is 1.83. The fraction of sp³-hybridized carbons (Fsp3) is 0.286. The first kappa shape index (κ1) is 19.6. The van der Waals surface area contributed by atoms with Crippen molar-refractivity contribution in [1.29, 1.82) is 5.26 Å². The molecule has 0 unspecified atom stereocenters. The first-order chi connectivity index (χ1) is 14.1. The predicted octanol–water partition coefficient (Wildman–Crippen LogP) is 3.89. The molecule has 0 atom stereocenters. The number of nitriles is 1. The van der Waals surface area contributed by atoms with Crippen molar-refractivity contribution in [2.24, 2.45) is 0 Å². The number of aromatic nitrogens is 2. The number of hydrogen-bond acceptors (Lipinski definition) is 7. The molecule has 1 aromatic heterocycles. The van der Waals surface area contributed by atoms with E-state index in [4.69, 9.17) is 22.1 Å². The number of methoxy groups -OCH3 is 1. The fourth-order valence-electron chi connectivity index (χ4n) is 3.57. The number of rotatable bonds is 4. The quantitative estimate of drug-likeness (QED) is 0.634. The molecule has 1 saturated heterocycles. The highest BCUT2D eigenvalue weighted by Crippen LogP contribution is 2.34. The smallest absolute Gasteiger partial charge is 0.159 e. The van der Waals surface area contributed by atoms with E-state index in [1.165, 1.54) is 0 Å². The number of fused-ring (bicyclic) bond motifs is 1. The molecule has 0 radical (unpaired) electrons. The number of thioether (sulfide) groups is 1. The van der Waals surface area contributed by atoms with Crippen LogP contribution < -0.4 is 15.4 Å². The Morgan fingerprint density at radius 2 is 2.03 bits per heavy atom. The molecule has 0 bridgehead atoms. The van der Waals surface area contributed by atoms with Crippen molar-refractivity contribution in [2.75, 3.05) is 42.3 Å². The largest absolute Gasteiger partial charge is 0.495 e. The van der Waals surface area contributed by atoms with E-state index in [1.54, 1.807) is 13.2 Å². The van der Waals surface area contributed by atoms with Gasteiger partial charge in [0.2, 0.25) is 0 Å². The Hall–Kier alpha value is -2.69. The minimum Gasteiger partial charge on any atom is -0.495 e. The lowest BCUT2D eigenvalue weighted by atomic mass is 10.00. The van der Waals surface area contributed by atoms with Crippen LogP contribution in [0.2, 0.25) is 5.02 Å². The van der Waals surface area contributed by atoms with Crippen molar-refractivity contribution in [3.05, 3.63) is 52.2 Å².